The lowest BCUT2D eigenvalue weighted by Gasteiger charge is -2.30. The summed E-state index contributed by atoms with van der Waals surface area (Å²) in [5, 5.41) is 15.8. The fourth-order valence-electron chi connectivity index (χ4n) is 3.02. The Morgan fingerprint density at radius 3 is 2.73 bits per heavy atom. The third-order valence-electron chi connectivity index (χ3n) is 4.43. The molecule has 1 aliphatic rings. The Kier molecular flexibility index (Phi) is 6.88. The summed E-state index contributed by atoms with van der Waals surface area (Å²) in [5.41, 5.74) is 2.43. The molecule has 0 saturated carbocycles. The van der Waals surface area contributed by atoms with E-state index in [0.29, 0.717) is 29.1 Å². The number of rotatable bonds is 6. The highest BCUT2D eigenvalue weighted by Gasteiger charge is 2.17. The fourth-order valence-corrected chi connectivity index (χ4v) is 4.15. The lowest BCUT2D eigenvalue weighted by molar-refractivity contribution is -0.113. The third-order valence-corrected chi connectivity index (χ3v) is 6.11. The van der Waals surface area contributed by atoms with Crippen LogP contribution in [0.5, 0.6) is 0 Å². The molecule has 1 aliphatic heterocycles. The van der Waals surface area contributed by atoms with Gasteiger partial charge in [0.15, 0.2) is 0 Å². The number of benzene rings is 2. The zero-order valence-corrected chi connectivity index (χ0v) is 19.0. The van der Waals surface area contributed by atoms with Crippen molar-refractivity contribution in [2.75, 3.05) is 42.3 Å². The molecule has 1 aromatic heterocycles. The molecule has 0 radical (unpaired) electrons. The number of carbonyl (C=O) groups excluding carboxylic acids is 1. The molecule has 0 atom stereocenters. The molecular formula is C19H18BrClN6O2S. The van der Waals surface area contributed by atoms with E-state index < -0.39 is 0 Å². The van der Waals surface area contributed by atoms with Crippen molar-refractivity contribution in [3.8, 4) is 5.69 Å². The van der Waals surface area contributed by atoms with Crippen molar-refractivity contribution < 1.29 is 9.53 Å². The van der Waals surface area contributed by atoms with Crippen molar-refractivity contribution in [3.05, 3.63) is 52.0 Å². The van der Waals surface area contributed by atoms with Crippen LogP contribution >= 0.6 is 39.3 Å². The van der Waals surface area contributed by atoms with Gasteiger partial charge in [-0.1, -0.05) is 39.3 Å². The largest absolute Gasteiger partial charge is 0.378 e. The molecule has 4 rings (SSSR count). The van der Waals surface area contributed by atoms with E-state index in [1.165, 1.54) is 11.8 Å². The molecule has 156 valence electrons. The maximum atomic E-state index is 12.6. The zero-order valence-electron chi connectivity index (χ0n) is 15.8. The summed E-state index contributed by atoms with van der Waals surface area (Å²) in [4.78, 5) is 14.8. The fraction of sp³-hybridized carbons (Fsp3) is 0.263. The highest BCUT2D eigenvalue weighted by Crippen LogP contribution is 2.30. The van der Waals surface area contributed by atoms with E-state index in [1.54, 1.807) is 10.7 Å². The van der Waals surface area contributed by atoms with Crippen molar-refractivity contribution in [2.24, 2.45) is 0 Å². The van der Waals surface area contributed by atoms with Gasteiger partial charge in [0.05, 0.1) is 36.0 Å². The van der Waals surface area contributed by atoms with Crippen LogP contribution < -0.4 is 10.2 Å². The predicted octanol–water partition coefficient (Wildman–Crippen LogP) is 3.65. The number of ether oxygens (including phenoxy) is 1. The van der Waals surface area contributed by atoms with Gasteiger partial charge in [0.25, 0.3) is 0 Å². The normalized spacial score (nSPS) is 14.0. The number of amides is 1. The number of tetrazole rings is 1. The van der Waals surface area contributed by atoms with Crippen LogP contribution in [0.25, 0.3) is 5.69 Å². The first-order valence-electron chi connectivity index (χ1n) is 9.19. The summed E-state index contributed by atoms with van der Waals surface area (Å²) in [6, 6.07) is 13.1. The Bertz CT molecular complexity index is 1030. The lowest BCUT2D eigenvalue weighted by Crippen LogP contribution is -2.36. The summed E-state index contributed by atoms with van der Waals surface area (Å²) in [7, 11) is 0. The van der Waals surface area contributed by atoms with E-state index in [0.717, 1.165) is 28.9 Å². The maximum Gasteiger partial charge on any atom is 0.234 e. The Morgan fingerprint density at radius 1 is 1.20 bits per heavy atom. The predicted molar refractivity (Wildman–Crippen MR) is 121 cm³/mol. The molecule has 0 bridgehead atoms. The van der Waals surface area contributed by atoms with Crippen LogP contribution in [-0.4, -0.2) is 58.2 Å². The van der Waals surface area contributed by atoms with Crippen molar-refractivity contribution in [1.82, 2.24) is 20.2 Å². The SMILES string of the molecule is O=C(CSc1nnnn1-c1ccc(Br)cc1)Nc1cc(Cl)ccc1N1CCOCC1. The van der Waals surface area contributed by atoms with Gasteiger partial charge in [-0.25, -0.2) is 0 Å². The minimum atomic E-state index is -0.165. The maximum absolute atomic E-state index is 12.6. The van der Waals surface area contributed by atoms with Crippen molar-refractivity contribution in [3.63, 3.8) is 0 Å². The molecule has 3 aromatic rings. The Morgan fingerprint density at radius 2 is 1.97 bits per heavy atom. The van der Waals surface area contributed by atoms with Crippen LogP contribution in [0, 0.1) is 0 Å². The average Bonchev–Trinajstić information content (AvgIpc) is 3.22. The minimum absolute atomic E-state index is 0.159. The van der Waals surface area contributed by atoms with E-state index >= 15 is 0 Å². The number of hydrogen-bond acceptors (Lipinski definition) is 7. The van der Waals surface area contributed by atoms with Gasteiger partial charge in [0, 0.05) is 22.6 Å². The second kappa shape index (κ2) is 9.78. The minimum Gasteiger partial charge on any atom is -0.378 e. The van der Waals surface area contributed by atoms with Gasteiger partial charge in [-0.3, -0.25) is 4.79 Å². The highest BCUT2D eigenvalue weighted by molar-refractivity contribution is 9.10. The van der Waals surface area contributed by atoms with Gasteiger partial charge in [-0.2, -0.15) is 4.68 Å². The third kappa shape index (κ3) is 5.12. The Balaban J connectivity index is 1.43. The lowest BCUT2D eigenvalue weighted by atomic mass is 10.2. The molecule has 1 amide bonds. The number of hydrogen-bond donors (Lipinski definition) is 1. The highest BCUT2D eigenvalue weighted by atomic mass is 79.9. The number of halogens is 2. The summed E-state index contributed by atoms with van der Waals surface area (Å²) in [6.07, 6.45) is 0. The van der Waals surface area contributed by atoms with Crippen molar-refractivity contribution in [1.29, 1.82) is 0 Å². The number of nitrogens with zero attached hydrogens (tertiary/aromatic N) is 5. The van der Waals surface area contributed by atoms with Crippen LogP contribution in [-0.2, 0) is 9.53 Å². The van der Waals surface area contributed by atoms with Crippen LogP contribution in [0.15, 0.2) is 52.1 Å². The number of nitrogens with one attached hydrogen (secondary N) is 1. The van der Waals surface area contributed by atoms with Gasteiger partial charge in [0.1, 0.15) is 0 Å². The molecule has 1 saturated heterocycles. The molecule has 8 nitrogen and oxygen atoms in total. The molecule has 0 aliphatic carbocycles. The molecule has 2 heterocycles. The van der Waals surface area contributed by atoms with E-state index in [2.05, 4.69) is 41.7 Å². The van der Waals surface area contributed by atoms with Gasteiger partial charge < -0.3 is 15.0 Å². The summed E-state index contributed by atoms with van der Waals surface area (Å²) in [5.74, 6) is -0.00600. The van der Waals surface area contributed by atoms with Gasteiger partial charge in [0.2, 0.25) is 11.1 Å². The van der Waals surface area contributed by atoms with E-state index in [-0.39, 0.29) is 11.7 Å². The molecule has 2 aromatic carbocycles. The zero-order chi connectivity index (χ0) is 20.9. The number of carbonyl (C=O) groups is 1. The molecule has 1 fully saturated rings. The number of aromatic nitrogens is 4. The van der Waals surface area contributed by atoms with Gasteiger partial charge >= 0.3 is 0 Å². The number of anilines is 2. The van der Waals surface area contributed by atoms with Gasteiger partial charge in [-0.15, -0.1) is 5.10 Å². The first kappa shape index (κ1) is 21.1. The Labute approximate surface area is 191 Å². The number of morpholine rings is 1. The molecule has 0 spiro atoms. The van der Waals surface area contributed by atoms with E-state index in [4.69, 9.17) is 16.3 Å². The smallest absolute Gasteiger partial charge is 0.234 e. The van der Waals surface area contributed by atoms with Gasteiger partial charge in [-0.05, 0) is 52.9 Å². The van der Waals surface area contributed by atoms with Crippen LogP contribution in [0.4, 0.5) is 11.4 Å². The van der Waals surface area contributed by atoms with Crippen LogP contribution in [0.3, 0.4) is 0 Å². The quantitative estimate of drug-likeness (QED) is 0.508. The summed E-state index contributed by atoms with van der Waals surface area (Å²) < 4.78 is 7.98. The molecule has 11 heteroatoms. The first-order chi connectivity index (χ1) is 14.6. The van der Waals surface area contributed by atoms with Crippen molar-refractivity contribution in [2.45, 2.75) is 5.16 Å². The second-order valence-electron chi connectivity index (χ2n) is 6.45. The van der Waals surface area contributed by atoms with Crippen LogP contribution in [0.2, 0.25) is 5.02 Å². The molecular weight excluding hydrogens is 492 g/mol. The average molecular weight is 510 g/mol. The van der Waals surface area contributed by atoms with Crippen molar-refractivity contribution >= 4 is 56.6 Å². The van der Waals surface area contributed by atoms with Crippen LogP contribution in [0.1, 0.15) is 0 Å². The van der Waals surface area contributed by atoms with E-state index in [9.17, 15) is 4.79 Å². The standard InChI is InChI=1S/C19H18BrClN6O2S/c20-13-1-4-15(5-2-13)27-19(23-24-25-27)30-12-18(28)22-16-11-14(21)3-6-17(16)26-7-9-29-10-8-26/h1-6,11H,7-10,12H2,(H,22,28). The van der Waals surface area contributed by atoms with E-state index in [1.807, 2.05) is 36.4 Å². The Hall–Kier alpha value is -2.14. The number of thioether (sulfide) groups is 1. The first-order valence-corrected chi connectivity index (χ1v) is 11.3. The molecule has 0 unspecified atom stereocenters. The second-order valence-corrected chi connectivity index (χ2v) is 8.74. The molecule has 1 N–H and O–H groups in total. The molecule has 30 heavy (non-hydrogen) atoms. The topological polar surface area (TPSA) is 85.2 Å². The summed E-state index contributed by atoms with van der Waals surface area (Å²) >= 11 is 10.8. The summed E-state index contributed by atoms with van der Waals surface area (Å²) in [6.45, 7) is 2.84. The monoisotopic (exact) mass is 508 g/mol.